The van der Waals surface area contributed by atoms with E-state index in [-0.39, 0.29) is 35.4 Å². The first-order valence-electron chi connectivity index (χ1n) is 44.9. The fraction of sp³-hybridized carbons (Fsp3) is 0.172. The minimum Gasteiger partial charge on any atom is -0.440 e. The Morgan fingerprint density at radius 1 is 0.266 bits per heavy atom. The van der Waals surface area contributed by atoms with Crippen molar-refractivity contribution < 1.29 is 8.83 Å². The van der Waals surface area contributed by atoms with E-state index in [0.717, 1.165) is 98.7 Å². The van der Waals surface area contributed by atoms with Gasteiger partial charge in [0.25, 0.3) is 0 Å². The lowest BCUT2D eigenvalue weighted by Crippen LogP contribution is -2.63. The molecule has 0 radical (unpaired) electrons. The second kappa shape index (κ2) is 24.2. The molecule has 6 aliphatic heterocycles. The van der Waals surface area contributed by atoms with E-state index in [9.17, 15) is 0 Å². The first-order valence-corrected chi connectivity index (χ1v) is 44.9. The zero-order valence-electron chi connectivity index (χ0n) is 71.6. The fourth-order valence-electron chi connectivity index (χ4n) is 25.7. The Balaban J connectivity index is 0.751. The predicted molar refractivity (Wildman–Crippen MR) is 517 cm³/mol. The van der Waals surface area contributed by atoms with Crippen molar-refractivity contribution in [3.63, 3.8) is 0 Å². The standard InChI is InChI=1S/C116H90B2N4O2/c1-67-59-89-91(113(7,8)57-55-111(89,3)4)65-94(67)119-97-63-71-31-17-18-36-75(71)101-81-42-30-47-88-108(81)122(118(105(97)101)104-80-40-22-28-50-100(80)124-110(104)119)96-62-70(52-54-86(96)116(88)83-43-23-19-37-77(83)78-38-20-24-44-84(78)116)69-51-53-76-72(61-69)64-98-106-102(76)82-41-29-46-87-107(82)121(93-48-26-25-45-85(93)115(87,73-32-13-11-14-33-73)74-34-15-12-16-35-74)117(106)103-79-39-21-27-49-99(79)123-109(103)120(98)95-66-92-90(60-68(95)2)112(5,6)56-58-114(92,9)10/h11-54,59-66H,55-58H2,1-10H3. The Morgan fingerprint density at radius 3 is 1.20 bits per heavy atom. The van der Waals surface area contributed by atoms with Gasteiger partial charge in [-0.25, -0.2) is 0 Å². The Bertz CT molecular complexity index is 7770. The molecule has 0 saturated carbocycles. The van der Waals surface area contributed by atoms with Crippen LogP contribution in [0.2, 0.25) is 0 Å². The molecule has 6 nitrogen and oxygen atoms in total. The summed E-state index contributed by atoms with van der Waals surface area (Å²) in [5.41, 5.74) is 42.6. The molecule has 124 heavy (non-hydrogen) atoms. The highest BCUT2D eigenvalue weighted by molar-refractivity contribution is 6.96. The van der Waals surface area contributed by atoms with Crippen molar-refractivity contribution in [3.8, 4) is 44.5 Å². The van der Waals surface area contributed by atoms with Gasteiger partial charge in [0.15, 0.2) is 0 Å². The summed E-state index contributed by atoms with van der Waals surface area (Å²) in [6, 6.07) is 123. The summed E-state index contributed by atoms with van der Waals surface area (Å²) in [4.78, 5) is 10.7. The zero-order valence-corrected chi connectivity index (χ0v) is 71.6. The summed E-state index contributed by atoms with van der Waals surface area (Å²) >= 11 is 0. The van der Waals surface area contributed by atoms with Crippen molar-refractivity contribution in [1.82, 2.24) is 0 Å². The van der Waals surface area contributed by atoms with E-state index < -0.39 is 10.8 Å². The smallest absolute Gasteiger partial charge is 0.337 e. The van der Waals surface area contributed by atoms with Crippen LogP contribution in [0.3, 0.4) is 0 Å². The number of hydrogen-bond donors (Lipinski definition) is 0. The largest absolute Gasteiger partial charge is 0.440 e. The van der Waals surface area contributed by atoms with Gasteiger partial charge in [0.1, 0.15) is 11.2 Å². The molecule has 8 heterocycles. The Labute approximate surface area is 724 Å². The van der Waals surface area contributed by atoms with Crippen LogP contribution in [0.5, 0.6) is 0 Å². The lowest BCUT2D eigenvalue weighted by molar-refractivity contribution is 0.332. The third-order valence-electron chi connectivity index (χ3n) is 31.6. The molecule has 27 rings (SSSR count). The van der Waals surface area contributed by atoms with E-state index >= 15 is 0 Å². The topological polar surface area (TPSA) is 39.2 Å². The molecule has 8 heteroatoms. The van der Waals surface area contributed by atoms with Crippen molar-refractivity contribution in [2.24, 2.45) is 0 Å². The summed E-state index contributed by atoms with van der Waals surface area (Å²) in [6.45, 7) is 23.7. The maximum Gasteiger partial charge on any atom is 0.337 e. The van der Waals surface area contributed by atoms with Gasteiger partial charge in [-0.05, 0) is 260 Å². The number of rotatable bonds is 5. The van der Waals surface area contributed by atoms with Crippen LogP contribution in [-0.2, 0) is 32.5 Å². The Morgan fingerprint density at radius 2 is 0.661 bits per heavy atom. The SMILES string of the molecule is Cc1cc2c(cc1N1c3cc4cc(-c5ccc6c(c5)N5B7c8c(cc9ccccc9c8-c8cccc(c85)C65c6ccccc6-c6ccccc65)N(c5cc6c(cc5C)C(C)(C)CCC6(C)C)c5oc6ccccc6c57)ccc4c4c3B(c3c1oc1ccccc31)N1c3ccccc3C(c3ccccc3)(c3ccccc3)c3cccc-4c31)C(C)(C)CCC2(C)C. The molecule has 0 atom stereocenters. The number of nitrogens with zero attached hydrogens (tertiary/aromatic N) is 4. The summed E-state index contributed by atoms with van der Waals surface area (Å²) < 4.78 is 15.5. The van der Waals surface area contributed by atoms with Gasteiger partial charge < -0.3 is 18.5 Å². The Hall–Kier alpha value is -13.6. The van der Waals surface area contributed by atoms with Crippen LogP contribution in [0.4, 0.5) is 57.3 Å². The second-order valence-electron chi connectivity index (χ2n) is 39.8. The molecule has 18 aromatic rings. The number of furan rings is 2. The lowest BCUT2D eigenvalue weighted by atomic mass is 9.42. The van der Waals surface area contributed by atoms with Crippen molar-refractivity contribution in [1.29, 1.82) is 0 Å². The predicted octanol–water partition coefficient (Wildman–Crippen LogP) is 27.3. The van der Waals surface area contributed by atoms with Gasteiger partial charge in [-0.1, -0.05) is 316 Å². The maximum atomic E-state index is 7.77. The normalized spacial score (nSPS) is 17.3. The third kappa shape index (κ3) is 8.84. The fourth-order valence-corrected chi connectivity index (χ4v) is 25.7. The molecule has 0 unspecified atom stereocenters. The molecular formula is C116H90B2N4O2. The molecule has 2 aromatic heterocycles. The Kier molecular flexibility index (Phi) is 13.9. The highest BCUT2D eigenvalue weighted by Crippen LogP contribution is 2.68. The summed E-state index contributed by atoms with van der Waals surface area (Å²) in [7, 11) is 0. The van der Waals surface area contributed by atoms with Crippen LogP contribution in [0.1, 0.15) is 159 Å². The molecule has 3 aliphatic carbocycles. The van der Waals surface area contributed by atoms with Crippen LogP contribution < -0.4 is 41.3 Å². The summed E-state index contributed by atoms with van der Waals surface area (Å²) in [5, 5.41) is 7.04. The second-order valence-corrected chi connectivity index (χ2v) is 39.8. The summed E-state index contributed by atoms with van der Waals surface area (Å²) in [5.74, 6) is 1.73. The van der Waals surface area contributed by atoms with Gasteiger partial charge in [-0.15, -0.1) is 0 Å². The molecule has 592 valence electrons. The van der Waals surface area contributed by atoms with E-state index in [1.165, 1.54) is 172 Å². The van der Waals surface area contributed by atoms with Crippen LogP contribution in [0.15, 0.2) is 324 Å². The van der Waals surface area contributed by atoms with Gasteiger partial charge in [-0.3, -0.25) is 9.80 Å². The van der Waals surface area contributed by atoms with Crippen molar-refractivity contribution in [2.75, 3.05) is 19.4 Å². The average molecular weight is 1590 g/mol. The van der Waals surface area contributed by atoms with Crippen LogP contribution in [-0.4, -0.2) is 13.7 Å². The molecule has 9 aliphatic rings. The van der Waals surface area contributed by atoms with Crippen molar-refractivity contribution in [2.45, 2.75) is 127 Å². The molecular weight excluding hydrogens is 1500 g/mol. The lowest BCUT2D eigenvalue weighted by Gasteiger charge is -2.52. The first kappa shape index (κ1) is 71.1. The monoisotopic (exact) mass is 1590 g/mol. The van der Waals surface area contributed by atoms with E-state index in [2.05, 4.69) is 404 Å². The first-order chi connectivity index (χ1) is 60.3. The van der Waals surface area contributed by atoms with Gasteiger partial charge >= 0.3 is 13.7 Å². The number of hydrogen-bond acceptors (Lipinski definition) is 6. The maximum absolute atomic E-state index is 7.77. The molecule has 1 spiro atoms. The molecule has 0 fully saturated rings. The van der Waals surface area contributed by atoms with Crippen LogP contribution in [0, 0.1) is 13.8 Å². The third-order valence-corrected chi connectivity index (χ3v) is 31.6. The summed E-state index contributed by atoms with van der Waals surface area (Å²) in [6.07, 6.45) is 4.47. The molecule has 16 aromatic carbocycles. The zero-order chi connectivity index (χ0) is 82.9. The van der Waals surface area contributed by atoms with Gasteiger partial charge in [0.2, 0.25) is 11.8 Å². The molecule has 0 saturated heterocycles. The molecule has 0 amide bonds. The number of aryl methyl sites for hydroxylation is 2. The van der Waals surface area contributed by atoms with Gasteiger partial charge in [0, 0.05) is 66.9 Å². The van der Waals surface area contributed by atoms with E-state index in [0.29, 0.717) is 0 Å². The quantitative estimate of drug-likeness (QED) is 0.160. The van der Waals surface area contributed by atoms with E-state index in [1.54, 1.807) is 0 Å². The number of benzene rings is 16. The van der Waals surface area contributed by atoms with E-state index in [1.807, 2.05) is 0 Å². The number of anilines is 10. The van der Waals surface area contributed by atoms with Gasteiger partial charge in [-0.2, -0.15) is 0 Å². The van der Waals surface area contributed by atoms with Crippen LogP contribution in [0.25, 0.3) is 88.0 Å². The minimum atomic E-state index is -0.723. The van der Waals surface area contributed by atoms with Gasteiger partial charge in [0.05, 0.1) is 22.2 Å². The minimum absolute atomic E-state index is 0.00149. The van der Waals surface area contributed by atoms with Crippen LogP contribution >= 0.6 is 0 Å². The molecule has 0 N–H and O–H groups in total. The number of para-hydroxylation sites is 5. The van der Waals surface area contributed by atoms with E-state index in [4.69, 9.17) is 8.83 Å². The highest BCUT2D eigenvalue weighted by atomic mass is 16.4. The van der Waals surface area contributed by atoms with Crippen molar-refractivity contribution in [3.05, 3.63) is 393 Å². The van der Waals surface area contributed by atoms with Crippen molar-refractivity contribution >= 4 is 136 Å². The highest BCUT2D eigenvalue weighted by Gasteiger charge is 2.60. The molecule has 0 bridgehead atoms. The average Bonchev–Trinajstić information content (AvgIpc) is 1.43. The number of fused-ring (bicyclic) bond motifs is 29.